The summed E-state index contributed by atoms with van der Waals surface area (Å²) in [6.45, 7) is 0. The predicted molar refractivity (Wildman–Crippen MR) is 70.8 cm³/mol. The van der Waals surface area contributed by atoms with Gasteiger partial charge in [-0.2, -0.15) is 9.37 Å². The monoisotopic (exact) mass is 253 g/mol. The Hall–Kier alpha value is -2.69. The first-order valence-electron chi connectivity index (χ1n) is 5.82. The van der Waals surface area contributed by atoms with Crippen LogP contribution in [-0.4, -0.2) is 14.4 Å². The van der Waals surface area contributed by atoms with Crippen LogP contribution in [0.5, 0.6) is 0 Å². The largest absolute Gasteiger partial charge is 0.328 e. The highest BCUT2D eigenvalue weighted by Crippen LogP contribution is 2.26. The standard InChI is InChI=1S/C14H8FN3O/c15-11-7-18-10-5-6-16-14(19)12(10)8-3-1-2-4-9(8)13(18)17-11/h1-7H,(H,16,19). The van der Waals surface area contributed by atoms with E-state index in [2.05, 4.69) is 9.97 Å². The van der Waals surface area contributed by atoms with Crippen LogP contribution in [0.4, 0.5) is 4.39 Å². The number of halogens is 1. The molecule has 0 fully saturated rings. The van der Waals surface area contributed by atoms with Crippen molar-refractivity contribution in [3.05, 3.63) is 59.0 Å². The van der Waals surface area contributed by atoms with Crippen molar-refractivity contribution in [2.75, 3.05) is 0 Å². The van der Waals surface area contributed by atoms with E-state index in [1.165, 1.54) is 6.20 Å². The zero-order chi connectivity index (χ0) is 13.0. The number of H-pyrrole nitrogens is 1. The molecule has 0 amide bonds. The van der Waals surface area contributed by atoms with Gasteiger partial charge in [0.1, 0.15) is 5.65 Å². The average molecular weight is 253 g/mol. The maximum absolute atomic E-state index is 13.5. The molecule has 0 atom stereocenters. The van der Waals surface area contributed by atoms with Crippen LogP contribution < -0.4 is 5.56 Å². The summed E-state index contributed by atoms with van der Waals surface area (Å²) in [7, 11) is 0. The van der Waals surface area contributed by atoms with Gasteiger partial charge >= 0.3 is 0 Å². The Bertz CT molecular complexity index is 1000. The molecular formula is C14H8FN3O. The van der Waals surface area contributed by atoms with Gasteiger partial charge in [-0.15, -0.1) is 0 Å². The fourth-order valence-corrected chi connectivity index (χ4v) is 2.55. The molecule has 3 aromatic heterocycles. The first kappa shape index (κ1) is 10.3. The second kappa shape index (κ2) is 3.41. The SMILES string of the molecule is O=c1[nH]ccc2c1c1ccccc1c1nc(F)cn21. The molecule has 19 heavy (non-hydrogen) atoms. The van der Waals surface area contributed by atoms with Crippen LogP contribution in [0.3, 0.4) is 0 Å². The molecule has 4 aromatic rings. The normalized spacial score (nSPS) is 11.6. The van der Waals surface area contributed by atoms with Crippen LogP contribution in [0.2, 0.25) is 0 Å². The second-order valence-corrected chi connectivity index (χ2v) is 4.37. The third kappa shape index (κ3) is 1.26. The fourth-order valence-electron chi connectivity index (χ4n) is 2.55. The van der Waals surface area contributed by atoms with Crippen molar-refractivity contribution >= 4 is 27.3 Å². The van der Waals surface area contributed by atoms with E-state index < -0.39 is 5.95 Å². The topological polar surface area (TPSA) is 50.2 Å². The van der Waals surface area contributed by atoms with Crippen LogP contribution in [-0.2, 0) is 0 Å². The smallest absolute Gasteiger partial charge is 0.257 e. The summed E-state index contributed by atoms with van der Waals surface area (Å²) >= 11 is 0. The van der Waals surface area contributed by atoms with E-state index in [9.17, 15) is 9.18 Å². The number of hydrogen-bond acceptors (Lipinski definition) is 2. The summed E-state index contributed by atoms with van der Waals surface area (Å²) < 4.78 is 15.1. The Morgan fingerprint density at radius 3 is 2.79 bits per heavy atom. The van der Waals surface area contributed by atoms with Gasteiger partial charge < -0.3 is 4.98 Å². The van der Waals surface area contributed by atoms with E-state index in [0.29, 0.717) is 16.6 Å². The van der Waals surface area contributed by atoms with Gasteiger partial charge in [0.2, 0.25) is 5.95 Å². The van der Waals surface area contributed by atoms with Crippen molar-refractivity contribution in [3.63, 3.8) is 0 Å². The molecule has 0 saturated carbocycles. The Morgan fingerprint density at radius 2 is 1.95 bits per heavy atom. The molecule has 0 aliphatic rings. The van der Waals surface area contributed by atoms with Gasteiger partial charge in [-0.05, 0) is 6.07 Å². The number of aromatic nitrogens is 3. The Labute approximate surface area is 106 Å². The highest BCUT2D eigenvalue weighted by molar-refractivity contribution is 6.11. The molecule has 0 unspecified atom stereocenters. The molecule has 5 heteroatoms. The summed E-state index contributed by atoms with van der Waals surface area (Å²) in [4.78, 5) is 18.6. The molecule has 0 radical (unpaired) electrons. The maximum atomic E-state index is 13.5. The summed E-state index contributed by atoms with van der Waals surface area (Å²) in [5.74, 6) is -0.557. The van der Waals surface area contributed by atoms with Gasteiger partial charge in [0, 0.05) is 17.0 Å². The van der Waals surface area contributed by atoms with Crippen molar-refractivity contribution in [1.29, 1.82) is 0 Å². The zero-order valence-corrected chi connectivity index (χ0v) is 9.72. The predicted octanol–water partition coefficient (Wildman–Crippen LogP) is 2.47. The molecule has 0 aliphatic heterocycles. The van der Waals surface area contributed by atoms with Gasteiger partial charge in [0.25, 0.3) is 5.56 Å². The summed E-state index contributed by atoms with van der Waals surface area (Å²) in [6.07, 6.45) is 2.85. The molecule has 0 aliphatic carbocycles. The molecule has 1 N–H and O–H groups in total. The van der Waals surface area contributed by atoms with Gasteiger partial charge in [-0.1, -0.05) is 24.3 Å². The maximum Gasteiger partial charge on any atom is 0.257 e. The lowest BCUT2D eigenvalue weighted by atomic mass is 10.1. The number of benzene rings is 1. The van der Waals surface area contributed by atoms with Crippen LogP contribution in [0, 0.1) is 5.95 Å². The number of hydrogen-bond donors (Lipinski definition) is 1. The molecular weight excluding hydrogens is 245 g/mol. The zero-order valence-electron chi connectivity index (χ0n) is 9.72. The van der Waals surface area contributed by atoms with Gasteiger partial charge in [-0.25, -0.2) is 0 Å². The van der Waals surface area contributed by atoms with Crippen LogP contribution in [0.15, 0.2) is 47.5 Å². The molecule has 3 heterocycles. The lowest BCUT2D eigenvalue weighted by Crippen LogP contribution is -2.07. The van der Waals surface area contributed by atoms with E-state index in [0.717, 1.165) is 10.8 Å². The van der Waals surface area contributed by atoms with E-state index in [4.69, 9.17) is 0 Å². The molecule has 0 spiro atoms. The minimum absolute atomic E-state index is 0.190. The van der Waals surface area contributed by atoms with Gasteiger partial charge in [-0.3, -0.25) is 9.20 Å². The second-order valence-electron chi connectivity index (χ2n) is 4.37. The number of aromatic amines is 1. The fraction of sp³-hybridized carbons (Fsp3) is 0. The molecule has 92 valence electrons. The Morgan fingerprint density at radius 1 is 1.16 bits per heavy atom. The molecule has 0 saturated heterocycles. The van der Waals surface area contributed by atoms with Crippen LogP contribution in [0.25, 0.3) is 27.3 Å². The van der Waals surface area contributed by atoms with E-state index in [1.54, 1.807) is 16.7 Å². The van der Waals surface area contributed by atoms with Gasteiger partial charge in [0.15, 0.2) is 0 Å². The van der Waals surface area contributed by atoms with Crippen molar-refractivity contribution in [3.8, 4) is 0 Å². The van der Waals surface area contributed by atoms with Crippen molar-refractivity contribution < 1.29 is 4.39 Å². The van der Waals surface area contributed by atoms with Gasteiger partial charge in [0.05, 0.1) is 17.1 Å². The first-order chi connectivity index (χ1) is 9.25. The van der Waals surface area contributed by atoms with E-state index in [-0.39, 0.29) is 5.56 Å². The van der Waals surface area contributed by atoms with E-state index in [1.807, 2.05) is 24.3 Å². The number of fused-ring (bicyclic) bond motifs is 6. The lowest BCUT2D eigenvalue weighted by molar-refractivity contribution is 0.592. The average Bonchev–Trinajstić information content (AvgIpc) is 2.81. The summed E-state index contributed by atoms with van der Waals surface area (Å²) in [6, 6.07) is 9.13. The number of pyridine rings is 2. The molecule has 1 aromatic carbocycles. The van der Waals surface area contributed by atoms with Crippen LogP contribution in [0.1, 0.15) is 0 Å². The van der Waals surface area contributed by atoms with Crippen molar-refractivity contribution in [2.45, 2.75) is 0 Å². The molecule has 4 rings (SSSR count). The minimum Gasteiger partial charge on any atom is -0.328 e. The highest BCUT2D eigenvalue weighted by Gasteiger charge is 2.12. The Kier molecular flexibility index (Phi) is 1.84. The third-order valence-corrected chi connectivity index (χ3v) is 3.31. The first-order valence-corrected chi connectivity index (χ1v) is 5.82. The Balaban J connectivity index is 2.51. The number of rotatable bonds is 0. The van der Waals surface area contributed by atoms with E-state index >= 15 is 0 Å². The minimum atomic E-state index is -0.557. The van der Waals surface area contributed by atoms with Crippen molar-refractivity contribution in [1.82, 2.24) is 14.4 Å². The highest BCUT2D eigenvalue weighted by atomic mass is 19.1. The quantitative estimate of drug-likeness (QED) is 0.489. The number of nitrogens with zero attached hydrogens (tertiary/aromatic N) is 2. The number of nitrogens with one attached hydrogen (secondary N) is 1. The third-order valence-electron chi connectivity index (χ3n) is 3.31. The van der Waals surface area contributed by atoms with Crippen molar-refractivity contribution in [2.24, 2.45) is 0 Å². The van der Waals surface area contributed by atoms with Crippen LogP contribution >= 0.6 is 0 Å². The summed E-state index contributed by atoms with van der Waals surface area (Å²) in [5.41, 5.74) is 0.977. The summed E-state index contributed by atoms with van der Waals surface area (Å²) in [5, 5.41) is 2.08. The molecule has 4 nitrogen and oxygen atoms in total. The molecule has 0 bridgehead atoms. The number of imidazole rings is 1. The lowest BCUT2D eigenvalue weighted by Gasteiger charge is -2.06.